The third kappa shape index (κ3) is 12.7. The van der Waals surface area contributed by atoms with Gasteiger partial charge in [-0.1, -0.05) is 70.4 Å². The van der Waals surface area contributed by atoms with E-state index in [1.807, 2.05) is 0 Å². The number of carbonyl (C=O) groups is 3. The van der Waals surface area contributed by atoms with Crippen molar-refractivity contribution >= 4 is 17.8 Å². The summed E-state index contributed by atoms with van der Waals surface area (Å²) < 4.78 is 21.1. The zero-order valence-corrected chi connectivity index (χ0v) is 24.5. The Morgan fingerprint density at radius 2 is 1.18 bits per heavy atom. The van der Waals surface area contributed by atoms with Crippen molar-refractivity contribution in [1.82, 2.24) is 4.90 Å². The van der Waals surface area contributed by atoms with Crippen molar-refractivity contribution in [2.75, 3.05) is 0 Å². The molecule has 2 heterocycles. The highest BCUT2D eigenvalue weighted by atomic mass is 16.6. The minimum absolute atomic E-state index is 0.0248. The Labute approximate surface area is 239 Å². The highest BCUT2D eigenvalue weighted by molar-refractivity contribution is 5.87. The van der Waals surface area contributed by atoms with Gasteiger partial charge in [-0.05, 0) is 70.2 Å². The zero-order valence-electron chi connectivity index (χ0n) is 24.5. The van der Waals surface area contributed by atoms with Crippen LogP contribution in [0.2, 0.25) is 0 Å². The first kappa shape index (κ1) is 32.9. The summed E-state index contributed by atoms with van der Waals surface area (Å²) in [6, 6.07) is 6.11. The molecule has 0 fully saturated rings. The first-order chi connectivity index (χ1) is 19.4. The quantitative estimate of drug-likeness (QED) is 0.0657. The average molecular weight is 558 g/mol. The molecule has 0 spiro atoms. The van der Waals surface area contributed by atoms with E-state index in [4.69, 9.17) is 18.3 Å². The second-order valence-electron chi connectivity index (χ2n) is 10.1. The van der Waals surface area contributed by atoms with Crippen LogP contribution in [0.15, 0.2) is 57.8 Å². The predicted octanol–water partition coefficient (Wildman–Crippen LogP) is 8.44. The van der Waals surface area contributed by atoms with E-state index in [-0.39, 0.29) is 23.8 Å². The van der Waals surface area contributed by atoms with E-state index in [0.29, 0.717) is 6.42 Å². The van der Waals surface area contributed by atoms with E-state index in [1.165, 1.54) is 74.5 Å². The molecule has 40 heavy (non-hydrogen) atoms. The lowest BCUT2D eigenvalue weighted by Crippen LogP contribution is -2.48. The molecular formula is C32H47NO7. The lowest BCUT2D eigenvalue weighted by Gasteiger charge is -2.33. The molecule has 222 valence electrons. The van der Waals surface area contributed by atoms with Crippen LogP contribution < -0.4 is 0 Å². The first-order valence-corrected chi connectivity index (χ1v) is 14.9. The molecule has 0 saturated heterocycles. The molecule has 0 aliphatic carbocycles. The number of allylic oxidation sites excluding steroid dienone is 2. The smallest absolute Gasteiger partial charge is 0.376 e. The first-order valence-electron chi connectivity index (χ1n) is 14.9. The predicted molar refractivity (Wildman–Crippen MR) is 153 cm³/mol. The van der Waals surface area contributed by atoms with Gasteiger partial charge in [0.05, 0.1) is 12.5 Å². The van der Waals surface area contributed by atoms with Crippen LogP contribution in [-0.4, -0.2) is 35.2 Å². The van der Waals surface area contributed by atoms with E-state index in [0.717, 1.165) is 32.1 Å². The lowest BCUT2D eigenvalue weighted by atomic mass is 10.1. The molecule has 2 aromatic heterocycles. The molecular weight excluding hydrogens is 510 g/mol. The molecule has 1 amide bonds. The van der Waals surface area contributed by atoms with Gasteiger partial charge >= 0.3 is 11.9 Å². The summed E-state index contributed by atoms with van der Waals surface area (Å²) in [7, 11) is 0. The van der Waals surface area contributed by atoms with Crippen molar-refractivity contribution in [1.29, 1.82) is 0 Å². The fourth-order valence-corrected chi connectivity index (χ4v) is 4.51. The van der Waals surface area contributed by atoms with Crippen molar-refractivity contribution < 1.29 is 32.7 Å². The van der Waals surface area contributed by atoms with Crippen molar-refractivity contribution in [3.63, 3.8) is 0 Å². The fourth-order valence-electron chi connectivity index (χ4n) is 4.51. The maximum absolute atomic E-state index is 13.2. The molecule has 0 aromatic carbocycles. The standard InChI is InChI=1S/C32H47NO7/c1-4-5-6-7-8-9-10-11-12-13-14-15-16-17-18-23-30(34)33(26(2)39-31(35)28-21-19-24-37-28)27(3)40-32(36)29-22-20-25-38-29/h11-12,19-22,24-27H,4-10,13-18,23H2,1-3H3/b12-11-. The summed E-state index contributed by atoms with van der Waals surface area (Å²) in [4.78, 5) is 39.3. The van der Waals surface area contributed by atoms with E-state index < -0.39 is 24.4 Å². The topological polar surface area (TPSA) is 99.2 Å². The Bertz CT molecular complexity index is 927. The molecule has 8 nitrogen and oxygen atoms in total. The molecule has 2 aromatic rings. The minimum atomic E-state index is -0.979. The zero-order chi connectivity index (χ0) is 29.0. The minimum Gasteiger partial charge on any atom is -0.457 e. The van der Waals surface area contributed by atoms with E-state index >= 15 is 0 Å². The van der Waals surface area contributed by atoms with Gasteiger partial charge in [0.15, 0.2) is 12.5 Å². The second kappa shape index (κ2) is 19.7. The molecule has 0 aliphatic heterocycles. The molecule has 0 saturated carbocycles. The molecule has 0 radical (unpaired) electrons. The van der Waals surface area contributed by atoms with Crippen LogP contribution >= 0.6 is 0 Å². The molecule has 0 aliphatic rings. The third-order valence-electron chi connectivity index (χ3n) is 6.72. The van der Waals surface area contributed by atoms with Gasteiger partial charge in [0.1, 0.15) is 0 Å². The van der Waals surface area contributed by atoms with E-state index in [9.17, 15) is 14.4 Å². The number of hydrogen-bond donors (Lipinski definition) is 0. The summed E-state index contributed by atoms with van der Waals surface area (Å²) in [5.74, 6) is -1.63. The van der Waals surface area contributed by atoms with Crippen LogP contribution in [0.1, 0.15) is 132 Å². The van der Waals surface area contributed by atoms with Crippen LogP contribution in [0.5, 0.6) is 0 Å². The molecule has 2 atom stereocenters. The van der Waals surface area contributed by atoms with Gasteiger partial charge in [0, 0.05) is 6.42 Å². The number of carbonyl (C=O) groups excluding carboxylic acids is 3. The molecule has 8 heteroatoms. The van der Waals surface area contributed by atoms with Crippen molar-refractivity contribution in [2.45, 2.75) is 123 Å². The third-order valence-corrected chi connectivity index (χ3v) is 6.72. The monoisotopic (exact) mass is 557 g/mol. The highest BCUT2D eigenvalue weighted by Gasteiger charge is 2.31. The molecule has 2 rings (SSSR count). The largest absolute Gasteiger partial charge is 0.457 e. The Morgan fingerprint density at radius 3 is 1.62 bits per heavy atom. The van der Waals surface area contributed by atoms with Crippen molar-refractivity contribution in [2.24, 2.45) is 0 Å². The number of unbranched alkanes of at least 4 members (excludes halogenated alkanes) is 11. The lowest BCUT2D eigenvalue weighted by molar-refractivity contribution is -0.157. The normalized spacial score (nSPS) is 12.8. The summed E-state index contributed by atoms with van der Waals surface area (Å²) in [6.07, 6.45) is 20.8. The number of ether oxygens (including phenoxy) is 2. The Balaban J connectivity index is 1.73. The maximum atomic E-state index is 13.2. The van der Waals surface area contributed by atoms with Gasteiger partial charge < -0.3 is 18.3 Å². The Kier molecular flexibility index (Phi) is 16.2. The summed E-state index contributed by atoms with van der Waals surface area (Å²) >= 11 is 0. The van der Waals surface area contributed by atoms with Gasteiger partial charge in [0.2, 0.25) is 17.4 Å². The van der Waals surface area contributed by atoms with E-state index in [1.54, 1.807) is 26.0 Å². The highest BCUT2D eigenvalue weighted by Crippen LogP contribution is 2.18. The van der Waals surface area contributed by atoms with Gasteiger partial charge in [0.25, 0.3) is 0 Å². The SMILES string of the molecule is CCCCCCCC/C=C\CCCCCCCC(=O)N(C(C)OC(=O)c1ccco1)C(C)OC(=O)c1ccco1. The second-order valence-corrected chi connectivity index (χ2v) is 10.1. The Morgan fingerprint density at radius 1 is 0.725 bits per heavy atom. The number of hydrogen-bond acceptors (Lipinski definition) is 7. The average Bonchev–Trinajstić information content (AvgIpc) is 3.66. The molecule has 0 bridgehead atoms. The number of esters is 2. The maximum Gasteiger partial charge on any atom is 0.376 e. The van der Waals surface area contributed by atoms with Crippen molar-refractivity contribution in [3.8, 4) is 0 Å². The van der Waals surface area contributed by atoms with Gasteiger partial charge in [-0.25, -0.2) is 9.59 Å². The van der Waals surface area contributed by atoms with Crippen molar-refractivity contribution in [3.05, 3.63) is 60.5 Å². The Hall–Kier alpha value is -3.29. The van der Waals surface area contributed by atoms with E-state index in [2.05, 4.69) is 19.1 Å². The van der Waals surface area contributed by atoms with Gasteiger partial charge in [-0.2, -0.15) is 0 Å². The number of furan rings is 2. The number of amides is 1. The van der Waals surface area contributed by atoms with Gasteiger partial charge in [-0.15, -0.1) is 0 Å². The molecule has 0 N–H and O–H groups in total. The number of nitrogens with zero attached hydrogens (tertiary/aromatic N) is 1. The summed E-state index contributed by atoms with van der Waals surface area (Å²) in [5, 5.41) is 0. The van der Waals surface area contributed by atoms with Crippen LogP contribution in [-0.2, 0) is 14.3 Å². The van der Waals surface area contributed by atoms with Crippen LogP contribution in [0.3, 0.4) is 0 Å². The molecule has 2 unspecified atom stereocenters. The number of rotatable bonds is 21. The van der Waals surface area contributed by atoms with Crippen LogP contribution in [0, 0.1) is 0 Å². The van der Waals surface area contributed by atoms with Gasteiger partial charge in [-0.3, -0.25) is 9.69 Å². The summed E-state index contributed by atoms with van der Waals surface area (Å²) in [5.41, 5.74) is 0. The van der Waals surface area contributed by atoms with Crippen LogP contribution in [0.4, 0.5) is 0 Å². The summed E-state index contributed by atoms with van der Waals surface area (Å²) in [6.45, 7) is 5.38. The fraction of sp³-hybridized carbons (Fsp3) is 0.594. The van der Waals surface area contributed by atoms with Crippen LogP contribution in [0.25, 0.3) is 0 Å².